The van der Waals surface area contributed by atoms with Crippen molar-refractivity contribution in [2.75, 3.05) is 20.1 Å². The predicted molar refractivity (Wildman–Crippen MR) is 72.7 cm³/mol. The molecule has 18 heavy (non-hydrogen) atoms. The molecular formula is C13H17BrFNO2. The van der Waals surface area contributed by atoms with E-state index in [9.17, 15) is 14.3 Å². The Morgan fingerprint density at radius 3 is 2.56 bits per heavy atom. The second kappa shape index (κ2) is 6.29. The number of carboxylic acids is 1. The van der Waals surface area contributed by atoms with Crippen LogP contribution >= 0.6 is 17.0 Å². The maximum Gasteiger partial charge on any atom is 0.308 e. The highest BCUT2D eigenvalue weighted by molar-refractivity contribution is 8.93. The quantitative estimate of drug-likeness (QED) is 0.911. The van der Waals surface area contributed by atoms with Crippen LogP contribution in [0.15, 0.2) is 24.3 Å². The van der Waals surface area contributed by atoms with E-state index < -0.39 is 11.9 Å². The lowest BCUT2D eigenvalue weighted by Crippen LogP contribution is -2.40. The lowest BCUT2D eigenvalue weighted by atomic mass is 9.80. The molecule has 0 amide bonds. The Morgan fingerprint density at radius 2 is 2.00 bits per heavy atom. The normalized spacial score (nSPS) is 24.3. The van der Waals surface area contributed by atoms with Crippen molar-refractivity contribution in [3.8, 4) is 0 Å². The molecule has 1 heterocycles. The molecule has 5 heteroatoms. The molecule has 2 rings (SSSR count). The summed E-state index contributed by atoms with van der Waals surface area (Å²) in [4.78, 5) is 13.3. The highest BCUT2D eigenvalue weighted by Crippen LogP contribution is 2.32. The van der Waals surface area contributed by atoms with Crippen molar-refractivity contribution >= 4 is 23.0 Å². The number of halogens is 2. The van der Waals surface area contributed by atoms with Gasteiger partial charge in [0.25, 0.3) is 0 Å². The van der Waals surface area contributed by atoms with Crippen LogP contribution in [0.5, 0.6) is 0 Å². The van der Waals surface area contributed by atoms with Crippen LogP contribution in [-0.4, -0.2) is 36.1 Å². The third-order valence-electron chi connectivity index (χ3n) is 3.43. The topological polar surface area (TPSA) is 40.5 Å². The summed E-state index contributed by atoms with van der Waals surface area (Å²) in [5.41, 5.74) is 0.923. The summed E-state index contributed by atoms with van der Waals surface area (Å²) in [7, 11) is 1.93. The molecule has 3 nitrogen and oxygen atoms in total. The van der Waals surface area contributed by atoms with Crippen LogP contribution in [0.1, 0.15) is 17.9 Å². The van der Waals surface area contributed by atoms with Gasteiger partial charge in [-0.1, -0.05) is 12.1 Å². The van der Waals surface area contributed by atoms with Crippen molar-refractivity contribution in [2.45, 2.75) is 12.3 Å². The van der Waals surface area contributed by atoms with Gasteiger partial charge in [0.15, 0.2) is 0 Å². The smallest absolute Gasteiger partial charge is 0.308 e. The molecule has 1 aromatic carbocycles. The third kappa shape index (κ3) is 3.29. The maximum absolute atomic E-state index is 12.8. The van der Waals surface area contributed by atoms with E-state index in [-0.39, 0.29) is 28.7 Å². The number of rotatable bonds is 2. The van der Waals surface area contributed by atoms with E-state index in [2.05, 4.69) is 0 Å². The number of nitrogens with zero attached hydrogens (tertiary/aromatic N) is 1. The molecule has 0 unspecified atom stereocenters. The van der Waals surface area contributed by atoms with Gasteiger partial charge >= 0.3 is 5.97 Å². The van der Waals surface area contributed by atoms with Crippen molar-refractivity contribution in [3.05, 3.63) is 35.6 Å². The minimum Gasteiger partial charge on any atom is -0.481 e. The highest BCUT2D eigenvalue weighted by Gasteiger charge is 2.33. The van der Waals surface area contributed by atoms with Gasteiger partial charge in [-0.2, -0.15) is 0 Å². The molecule has 0 aromatic heterocycles. The van der Waals surface area contributed by atoms with Gasteiger partial charge in [0, 0.05) is 6.54 Å². The molecule has 0 spiro atoms. The standard InChI is InChI=1S/C13H16FNO2.BrH/c1-15-7-6-11(12(8-15)13(16)17)9-2-4-10(14)5-3-9;/h2-5,11-12H,6-8H2,1H3,(H,16,17);1H/t11-,12+;/m0./s1. The van der Waals surface area contributed by atoms with E-state index in [0.29, 0.717) is 6.54 Å². The molecule has 0 radical (unpaired) electrons. The Morgan fingerprint density at radius 1 is 1.39 bits per heavy atom. The Bertz CT molecular complexity index is 410. The first-order valence-corrected chi connectivity index (χ1v) is 5.74. The van der Waals surface area contributed by atoms with E-state index in [1.807, 2.05) is 11.9 Å². The summed E-state index contributed by atoms with van der Waals surface area (Å²) in [6, 6.07) is 6.18. The minimum absolute atomic E-state index is 0. The number of hydrogen-bond donors (Lipinski definition) is 1. The Kier molecular flexibility index (Phi) is 5.28. The Labute approximate surface area is 116 Å². The SMILES string of the molecule is Br.CN1CC[C@@H](c2ccc(F)cc2)[C@H](C(=O)O)C1. The van der Waals surface area contributed by atoms with E-state index in [4.69, 9.17) is 0 Å². The first kappa shape index (κ1) is 15.1. The predicted octanol–water partition coefficient (Wildman–Crippen LogP) is 2.52. The van der Waals surface area contributed by atoms with Crippen LogP contribution < -0.4 is 0 Å². The summed E-state index contributed by atoms with van der Waals surface area (Å²) >= 11 is 0. The highest BCUT2D eigenvalue weighted by atomic mass is 79.9. The molecule has 100 valence electrons. The summed E-state index contributed by atoms with van der Waals surface area (Å²) in [6.45, 7) is 1.43. The largest absolute Gasteiger partial charge is 0.481 e. The molecule has 1 aromatic rings. The van der Waals surface area contributed by atoms with E-state index in [0.717, 1.165) is 18.5 Å². The average molecular weight is 318 g/mol. The summed E-state index contributed by atoms with van der Waals surface area (Å²) < 4.78 is 12.8. The Balaban J connectivity index is 0.00000162. The number of carbonyl (C=O) groups is 1. The fourth-order valence-electron chi connectivity index (χ4n) is 2.47. The zero-order chi connectivity index (χ0) is 12.4. The molecule has 1 fully saturated rings. The van der Waals surface area contributed by atoms with Gasteiger partial charge in [0.2, 0.25) is 0 Å². The van der Waals surface area contributed by atoms with Crippen LogP contribution in [0.25, 0.3) is 0 Å². The maximum atomic E-state index is 12.8. The van der Waals surface area contributed by atoms with E-state index in [1.165, 1.54) is 12.1 Å². The molecule has 1 N–H and O–H groups in total. The van der Waals surface area contributed by atoms with E-state index >= 15 is 0 Å². The lowest BCUT2D eigenvalue weighted by Gasteiger charge is -2.34. The third-order valence-corrected chi connectivity index (χ3v) is 3.43. The molecule has 0 bridgehead atoms. The van der Waals surface area contributed by atoms with Crippen LogP contribution in [-0.2, 0) is 4.79 Å². The average Bonchev–Trinajstić information content (AvgIpc) is 2.30. The first-order valence-electron chi connectivity index (χ1n) is 5.74. The number of likely N-dealkylation sites (tertiary alicyclic amines) is 1. The van der Waals surface area contributed by atoms with Crippen LogP contribution in [0, 0.1) is 11.7 Å². The number of benzene rings is 1. The van der Waals surface area contributed by atoms with E-state index in [1.54, 1.807) is 12.1 Å². The van der Waals surface area contributed by atoms with Gasteiger partial charge in [-0.15, -0.1) is 17.0 Å². The minimum atomic E-state index is -0.772. The van der Waals surface area contributed by atoms with Crippen LogP contribution in [0.2, 0.25) is 0 Å². The van der Waals surface area contributed by atoms with Crippen molar-refractivity contribution in [2.24, 2.45) is 5.92 Å². The molecular weight excluding hydrogens is 301 g/mol. The fraction of sp³-hybridized carbons (Fsp3) is 0.462. The lowest BCUT2D eigenvalue weighted by molar-refractivity contribution is -0.144. The summed E-state index contributed by atoms with van der Waals surface area (Å²) in [5, 5.41) is 9.24. The zero-order valence-electron chi connectivity index (χ0n) is 10.2. The molecule has 2 atom stereocenters. The van der Waals surface area contributed by atoms with Crippen LogP contribution in [0.4, 0.5) is 4.39 Å². The van der Waals surface area contributed by atoms with Crippen LogP contribution in [0.3, 0.4) is 0 Å². The number of carboxylic acid groups (broad SMARTS) is 1. The number of hydrogen-bond acceptors (Lipinski definition) is 2. The molecule has 1 saturated heterocycles. The van der Waals surface area contributed by atoms with Crippen molar-refractivity contribution in [3.63, 3.8) is 0 Å². The molecule has 1 aliphatic rings. The van der Waals surface area contributed by atoms with Crippen molar-refractivity contribution in [1.29, 1.82) is 0 Å². The number of piperidine rings is 1. The van der Waals surface area contributed by atoms with Crippen molar-refractivity contribution < 1.29 is 14.3 Å². The molecule has 0 aliphatic carbocycles. The second-order valence-corrected chi connectivity index (χ2v) is 4.65. The van der Waals surface area contributed by atoms with Gasteiger partial charge < -0.3 is 10.0 Å². The monoisotopic (exact) mass is 317 g/mol. The van der Waals surface area contributed by atoms with Gasteiger partial charge in [0.1, 0.15) is 5.82 Å². The fourth-order valence-corrected chi connectivity index (χ4v) is 2.47. The second-order valence-electron chi connectivity index (χ2n) is 4.65. The van der Waals surface area contributed by atoms with Gasteiger partial charge in [0.05, 0.1) is 5.92 Å². The van der Waals surface area contributed by atoms with Gasteiger partial charge in [-0.3, -0.25) is 4.79 Å². The summed E-state index contributed by atoms with van der Waals surface area (Å²) in [6.07, 6.45) is 0.805. The number of aliphatic carboxylic acids is 1. The zero-order valence-corrected chi connectivity index (χ0v) is 11.9. The van der Waals surface area contributed by atoms with Crippen molar-refractivity contribution in [1.82, 2.24) is 4.90 Å². The van der Waals surface area contributed by atoms with Gasteiger partial charge in [-0.25, -0.2) is 4.39 Å². The first-order chi connectivity index (χ1) is 8.08. The Hall–Kier alpha value is -0.940. The van der Waals surface area contributed by atoms with Gasteiger partial charge in [-0.05, 0) is 43.6 Å². The summed E-state index contributed by atoms with van der Waals surface area (Å²) in [5.74, 6) is -1.47. The molecule has 0 saturated carbocycles. The molecule has 1 aliphatic heterocycles.